The number of carbonyl (C=O) groups excluding carboxylic acids is 1. The Bertz CT molecular complexity index is 875. The predicted octanol–water partition coefficient (Wildman–Crippen LogP) is 2.01. The molecule has 7 nitrogen and oxygen atoms in total. The van der Waals surface area contributed by atoms with Crippen LogP contribution in [0.5, 0.6) is 0 Å². The molecule has 1 amide bonds. The summed E-state index contributed by atoms with van der Waals surface area (Å²) in [6.45, 7) is 2.70. The highest BCUT2D eigenvalue weighted by Gasteiger charge is 2.23. The average Bonchev–Trinajstić information content (AvgIpc) is 2.66. The van der Waals surface area contributed by atoms with E-state index in [-0.39, 0.29) is 12.5 Å². The van der Waals surface area contributed by atoms with E-state index in [0.29, 0.717) is 5.56 Å². The number of aryl methyl sites for hydroxylation is 1. The number of rotatable bonds is 9. The third kappa shape index (κ3) is 7.91. The van der Waals surface area contributed by atoms with Gasteiger partial charge in [0.05, 0.1) is 18.8 Å². The maximum atomic E-state index is 12.5. The molecule has 3 atom stereocenters. The number of aromatic nitrogens is 1. The average molecular weight is 418 g/mol. The van der Waals surface area contributed by atoms with Gasteiger partial charge in [0.15, 0.2) is 12.4 Å². The second-order valence-corrected chi connectivity index (χ2v) is 8.62. The Balaban J connectivity index is 2.02. The maximum Gasteiger partial charge on any atom is 0.251 e. The van der Waals surface area contributed by atoms with Gasteiger partial charge in [-0.1, -0.05) is 24.3 Å². The number of nitrogens with one attached hydrogen (secondary N) is 1. The molecule has 1 aromatic carbocycles. The van der Waals surface area contributed by atoms with Gasteiger partial charge in [-0.2, -0.15) is 0 Å². The van der Waals surface area contributed by atoms with Gasteiger partial charge in [-0.25, -0.2) is 4.57 Å². The Kier molecular flexibility index (Phi) is 8.29. The normalized spacial score (nSPS) is 15.6. The summed E-state index contributed by atoms with van der Waals surface area (Å²) in [7, 11) is -0.487. The topological polar surface area (TPSA) is 91.6 Å². The third-order valence-electron chi connectivity index (χ3n) is 4.23. The van der Waals surface area contributed by atoms with Crippen LogP contribution in [0.2, 0.25) is 0 Å². The molecule has 0 fully saturated rings. The maximum absolute atomic E-state index is 12.5. The quantitative estimate of drug-likeness (QED) is 0.497. The van der Waals surface area contributed by atoms with Crippen molar-refractivity contribution in [1.29, 1.82) is 0 Å². The van der Waals surface area contributed by atoms with Crippen LogP contribution in [0.1, 0.15) is 28.4 Å². The van der Waals surface area contributed by atoms with Gasteiger partial charge in [-0.3, -0.25) is 4.79 Å². The van der Waals surface area contributed by atoms with Gasteiger partial charge >= 0.3 is 0 Å². The number of benzene rings is 1. The highest BCUT2D eigenvalue weighted by Crippen LogP contribution is 2.33. The van der Waals surface area contributed by atoms with Crippen LogP contribution < -0.4 is 14.8 Å². The molecule has 29 heavy (non-hydrogen) atoms. The zero-order valence-electron chi connectivity index (χ0n) is 17.1. The Labute approximate surface area is 171 Å². The van der Waals surface area contributed by atoms with Gasteiger partial charge < -0.3 is 24.0 Å². The lowest BCUT2D eigenvalue weighted by molar-refractivity contribution is -0.671. The van der Waals surface area contributed by atoms with Crippen molar-refractivity contribution >= 4 is 25.7 Å². The van der Waals surface area contributed by atoms with Crippen molar-refractivity contribution in [2.24, 2.45) is 7.05 Å². The van der Waals surface area contributed by atoms with Crippen molar-refractivity contribution in [1.82, 2.24) is 5.32 Å². The van der Waals surface area contributed by atoms with Gasteiger partial charge in [0.1, 0.15) is 14.6 Å². The van der Waals surface area contributed by atoms with Gasteiger partial charge in [0.2, 0.25) is 0 Å². The van der Waals surface area contributed by atoms with E-state index >= 15 is 0 Å². The third-order valence-corrected chi connectivity index (χ3v) is 4.95. The molecule has 0 aliphatic rings. The van der Waals surface area contributed by atoms with E-state index < -0.39 is 19.7 Å². The molecule has 0 aliphatic carbocycles. The number of nitrogens with zero attached hydrogens (tertiary/aromatic N) is 1. The van der Waals surface area contributed by atoms with Crippen molar-refractivity contribution in [3.63, 3.8) is 0 Å². The summed E-state index contributed by atoms with van der Waals surface area (Å²) in [4.78, 5) is 23.9. The minimum Gasteiger partial charge on any atom is -0.779 e. The fourth-order valence-corrected chi connectivity index (χ4v) is 3.41. The Morgan fingerprint density at radius 1 is 1.17 bits per heavy atom. The standard InChI is InChI=1S/C21H27N2O5P/c1-16(28-29(4,25)26)20(15-27-3)22-21(24)19-9-7-17(8-10-19)5-6-18-11-13-23(2)14-12-18/h5-14,16,20H,15H2,1-4H3,(H-,22,24,25,26)/b6-5+/t16-,20-/m0/s1. The zero-order valence-corrected chi connectivity index (χ0v) is 18.0. The molecule has 2 rings (SSSR count). The first-order chi connectivity index (χ1) is 13.7. The van der Waals surface area contributed by atoms with Crippen LogP contribution in [0.25, 0.3) is 12.2 Å². The molecule has 1 unspecified atom stereocenters. The molecule has 0 aliphatic heterocycles. The molecule has 1 aromatic heterocycles. The molecular formula is C21H27N2O5P. The molecule has 156 valence electrons. The fraction of sp³-hybridized carbons (Fsp3) is 0.333. The van der Waals surface area contributed by atoms with E-state index in [2.05, 4.69) is 5.32 Å². The van der Waals surface area contributed by atoms with Crippen molar-refractivity contribution in [3.05, 3.63) is 65.5 Å². The highest BCUT2D eigenvalue weighted by molar-refractivity contribution is 7.50. The monoisotopic (exact) mass is 418 g/mol. The Morgan fingerprint density at radius 2 is 1.72 bits per heavy atom. The largest absolute Gasteiger partial charge is 0.779 e. The molecule has 2 aromatic rings. The van der Waals surface area contributed by atoms with E-state index in [9.17, 15) is 14.3 Å². The number of hydrogen-bond donors (Lipinski definition) is 1. The summed E-state index contributed by atoms with van der Waals surface area (Å²) in [6.07, 6.45) is 7.15. The second kappa shape index (κ2) is 10.5. The number of pyridine rings is 1. The number of ether oxygens (including phenoxy) is 1. The Morgan fingerprint density at radius 3 is 2.24 bits per heavy atom. The van der Waals surface area contributed by atoms with Crippen molar-refractivity contribution in [2.45, 2.75) is 19.1 Å². The van der Waals surface area contributed by atoms with Crippen LogP contribution in [0.4, 0.5) is 0 Å². The summed E-state index contributed by atoms with van der Waals surface area (Å²) >= 11 is 0. The van der Waals surface area contributed by atoms with E-state index in [4.69, 9.17) is 9.26 Å². The molecule has 0 radical (unpaired) electrons. The number of amides is 1. The molecule has 1 N–H and O–H groups in total. The van der Waals surface area contributed by atoms with Crippen LogP contribution in [0.15, 0.2) is 48.8 Å². The van der Waals surface area contributed by atoms with E-state index in [1.807, 2.05) is 60.4 Å². The van der Waals surface area contributed by atoms with Crippen LogP contribution in [0, 0.1) is 0 Å². The lowest BCUT2D eigenvalue weighted by atomic mass is 10.1. The lowest BCUT2D eigenvalue weighted by Gasteiger charge is -2.29. The molecule has 8 heteroatoms. The van der Waals surface area contributed by atoms with Gasteiger partial charge in [-0.15, -0.1) is 0 Å². The summed E-state index contributed by atoms with van der Waals surface area (Å²) in [5.41, 5.74) is 2.50. The van der Waals surface area contributed by atoms with E-state index in [0.717, 1.165) is 17.8 Å². The summed E-state index contributed by atoms with van der Waals surface area (Å²) in [5.74, 6) is -0.328. The van der Waals surface area contributed by atoms with Crippen molar-refractivity contribution in [2.75, 3.05) is 20.4 Å². The SMILES string of the molecule is COC[C@H](NC(=O)c1ccc(/C=C/c2cc[n+](C)cc2)cc1)[C@H](C)OP(C)(=O)[O-]. The minimum absolute atomic E-state index is 0.128. The van der Waals surface area contributed by atoms with Crippen LogP contribution in [0.3, 0.4) is 0 Å². The molecule has 0 saturated heterocycles. The Hall–Kier alpha value is -2.31. The van der Waals surface area contributed by atoms with E-state index in [1.165, 1.54) is 7.11 Å². The van der Waals surface area contributed by atoms with Crippen LogP contribution in [-0.2, 0) is 20.9 Å². The predicted molar refractivity (Wildman–Crippen MR) is 110 cm³/mol. The van der Waals surface area contributed by atoms with Crippen molar-refractivity contribution in [3.8, 4) is 0 Å². The van der Waals surface area contributed by atoms with Gasteiger partial charge in [0.25, 0.3) is 5.91 Å². The van der Waals surface area contributed by atoms with Gasteiger partial charge in [0, 0.05) is 31.5 Å². The summed E-state index contributed by atoms with van der Waals surface area (Å²) in [6, 6.07) is 10.5. The smallest absolute Gasteiger partial charge is 0.251 e. The number of carbonyl (C=O) groups is 1. The molecule has 0 saturated carbocycles. The van der Waals surface area contributed by atoms with Crippen LogP contribution in [-0.4, -0.2) is 38.4 Å². The lowest BCUT2D eigenvalue weighted by Crippen LogP contribution is -2.46. The minimum atomic E-state index is -3.92. The zero-order chi connectivity index (χ0) is 21.4. The first kappa shape index (κ1) is 23.0. The molecule has 0 bridgehead atoms. The molecule has 0 spiro atoms. The molecule has 1 heterocycles. The van der Waals surface area contributed by atoms with Gasteiger partial charge in [-0.05, 0) is 30.2 Å². The van der Waals surface area contributed by atoms with Crippen molar-refractivity contribution < 1.29 is 28.1 Å². The second-order valence-electron chi connectivity index (χ2n) is 6.87. The van der Waals surface area contributed by atoms with Crippen LogP contribution >= 0.6 is 7.60 Å². The summed E-state index contributed by atoms with van der Waals surface area (Å²) in [5, 5.41) is 2.77. The fourth-order valence-electron chi connectivity index (χ4n) is 2.66. The first-order valence-corrected chi connectivity index (χ1v) is 11.2. The number of hydrogen-bond acceptors (Lipinski definition) is 5. The highest BCUT2D eigenvalue weighted by atomic mass is 31.2. The first-order valence-electron chi connectivity index (χ1n) is 9.18. The summed E-state index contributed by atoms with van der Waals surface area (Å²) < 4.78 is 23.4. The molecular weight excluding hydrogens is 391 g/mol. The van der Waals surface area contributed by atoms with E-state index in [1.54, 1.807) is 19.1 Å². The number of methoxy groups -OCH3 is 1.